The van der Waals surface area contributed by atoms with E-state index in [1.807, 2.05) is 36.4 Å². The van der Waals surface area contributed by atoms with Gasteiger partial charge in [0.2, 0.25) is 5.91 Å². The molecule has 1 aliphatic rings. The van der Waals surface area contributed by atoms with Crippen LogP contribution in [0.15, 0.2) is 51.7 Å². The maximum absolute atomic E-state index is 12.4. The van der Waals surface area contributed by atoms with Crippen molar-refractivity contribution in [2.24, 2.45) is 12.8 Å². The van der Waals surface area contributed by atoms with E-state index in [1.54, 1.807) is 13.1 Å². The van der Waals surface area contributed by atoms with Gasteiger partial charge in [0.25, 0.3) is 0 Å². The first-order chi connectivity index (χ1) is 15.0. The number of oxazole rings is 1. The second-order valence-corrected chi connectivity index (χ2v) is 7.78. The van der Waals surface area contributed by atoms with Crippen LogP contribution in [-0.4, -0.2) is 35.3 Å². The molecule has 8 heteroatoms. The van der Waals surface area contributed by atoms with Crippen molar-refractivity contribution in [3.05, 3.63) is 58.6 Å². The molecule has 160 valence electrons. The largest absolute Gasteiger partial charge is 0.419 e. The molecule has 3 aromatic rings. The second-order valence-electron chi connectivity index (χ2n) is 7.78. The van der Waals surface area contributed by atoms with Crippen LogP contribution in [0.2, 0.25) is 0 Å². The van der Waals surface area contributed by atoms with Crippen molar-refractivity contribution in [1.29, 1.82) is 5.26 Å². The summed E-state index contributed by atoms with van der Waals surface area (Å²) in [6.45, 7) is 0.615. The lowest BCUT2D eigenvalue weighted by molar-refractivity contribution is -0.125. The number of hydrogen-bond acceptors (Lipinski definition) is 6. The number of aromatic nitrogens is 1. The van der Waals surface area contributed by atoms with Crippen molar-refractivity contribution in [3.63, 3.8) is 0 Å². The van der Waals surface area contributed by atoms with Gasteiger partial charge in [0.1, 0.15) is 12.1 Å². The smallest absolute Gasteiger partial charge is 0.408 e. The summed E-state index contributed by atoms with van der Waals surface area (Å²) in [6, 6.07) is 14.0. The summed E-state index contributed by atoms with van der Waals surface area (Å²) in [5, 5.41) is 12.2. The van der Waals surface area contributed by atoms with E-state index in [0.717, 1.165) is 35.0 Å². The summed E-state index contributed by atoms with van der Waals surface area (Å²) in [5.41, 5.74) is 10.1. The number of carbonyl (C=O) groups excluding carboxylic acids is 1. The highest BCUT2D eigenvalue weighted by Crippen LogP contribution is 2.24. The van der Waals surface area contributed by atoms with Crippen molar-refractivity contribution >= 4 is 17.0 Å². The molecular weight excluding hydrogens is 396 g/mol. The van der Waals surface area contributed by atoms with Gasteiger partial charge in [-0.3, -0.25) is 9.36 Å². The van der Waals surface area contributed by atoms with E-state index in [9.17, 15) is 14.9 Å². The Kier molecular flexibility index (Phi) is 5.89. The SMILES string of the molecule is Cn1c(=O)oc2ccc(-c3ccc(C[C@@H](C#N)NC(=O)[C@@H](N)[C@@H]4CCCO4)cc3)cc21. The fourth-order valence-corrected chi connectivity index (χ4v) is 3.83. The van der Waals surface area contributed by atoms with Gasteiger partial charge in [0, 0.05) is 20.1 Å². The number of nitriles is 1. The highest BCUT2D eigenvalue weighted by Gasteiger charge is 2.29. The molecule has 3 N–H and O–H groups in total. The summed E-state index contributed by atoms with van der Waals surface area (Å²) in [6.07, 6.45) is 1.73. The van der Waals surface area contributed by atoms with E-state index in [1.165, 1.54) is 4.57 Å². The van der Waals surface area contributed by atoms with Crippen LogP contribution in [0.5, 0.6) is 0 Å². The average molecular weight is 420 g/mol. The van der Waals surface area contributed by atoms with Crippen molar-refractivity contribution in [1.82, 2.24) is 9.88 Å². The van der Waals surface area contributed by atoms with Crippen LogP contribution >= 0.6 is 0 Å². The number of nitrogens with zero attached hydrogens (tertiary/aromatic N) is 2. The summed E-state index contributed by atoms with van der Waals surface area (Å²) in [5.74, 6) is -0.764. The minimum absolute atomic E-state index is 0.286. The predicted molar refractivity (Wildman–Crippen MR) is 115 cm³/mol. The first-order valence-electron chi connectivity index (χ1n) is 10.2. The zero-order valence-electron chi connectivity index (χ0n) is 17.2. The molecule has 1 fully saturated rings. The molecule has 8 nitrogen and oxygen atoms in total. The Morgan fingerprint density at radius 2 is 2.03 bits per heavy atom. The van der Waals surface area contributed by atoms with E-state index in [2.05, 4.69) is 11.4 Å². The monoisotopic (exact) mass is 420 g/mol. The van der Waals surface area contributed by atoms with Crippen LogP contribution in [-0.2, 0) is 23.0 Å². The number of benzene rings is 2. The Balaban J connectivity index is 1.43. The highest BCUT2D eigenvalue weighted by molar-refractivity contribution is 5.83. The molecule has 2 heterocycles. The maximum Gasteiger partial charge on any atom is 0.419 e. The van der Waals surface area contributed by atoms with Gasteiger partial charge in [-0.2, -0.15) is 5.26 Å². The Labute approximate surface area is 179 Å². The number of aryl methyl sites for hydroxylation is 1. The molecule has 1 aromatic heterocycles. The van der Waals surface area contributed by atoms with E-state index in [4.69, 9.17) is 14.9 Å². The lowest BCUT2D eigenvalue weighted by Gasteiger charge is -2.20. The molecule has 31 heavy (non-hydrogen) atoms. The van der Waals surface area contributed by atoms with Crippen LogP contribution in [0.25, 0.3) is 22.2 Å². The van der Waals surface area contributed by atoms with Crippen molar-refractivity contribution in [3.8, 4) is 17.2 Å². The zero-order chi connectivity index (χ0) is 22.0. The van der Waals surface area contributed by atoms with Gasteiger partial charge in [0.05, 0.1) is 17.7 Å². The third kappa shape index (κ3) is 4.38. The van der Waals surface area contributed by atoms with E-state index < -0.39 is 17.8 Å². The molecule has 0 spiro atoms. The number of amides is 1. The molecule has 0 unspecified atom stereocenters. The quantitative estimate of drug-likeness (QED) is 0.627. The second kappa shape index (κ2) is 8.76. The minimum Gasteiger partial charge on any atom is -0.408 e. The molecule has 0 radical (unpaired) electrons. The van der Waals surface area contributed by atoms with Gasteiger partial charge >= 0.3 is 5.76 Å². The number of rotatable bonds is 6. The molecule has 3 atom stereocenters. The van der Waals surface area contributed by atoms with Crippen LogP contribution in [0, 0.1) is 11.3 Å². The summed E-state index contributed by atoms with van der Waals surface area (Å²) in [7, 11) is 1.67. The summed E-state index contributed by atoms with van der Waals surface area (Å²) in [4.78, 5) is 24.0. The standard InChI is InChI=1S/C23H24N4O4/c1-27-18-12-16(8-9-19(18)31-23(27)29)15-6-4-14(5-7-15)11-17(13-24)26-22(28)21(25)20-3-2-10-30-20/h4-9,12,17,20-21H,2-3,10-11,25H2,1H3,(H,26,28)/t17-,20-,21-/m0/s1. The van der Waals surface area contributed by atoms with E-state index in [-0.39, 0.29) is 12.0 Å². The van der Waals surface area contributed by atoms with Crippen molar-refractivity contribution in [2.75, 3.05) is 6.61 Å². The topological polar surface area (TPSA) is 123 Å². The number of fused-ring (bicyclic) bond motifs is 1. The Morgan fingerprint density at radius 1 is 1.29 bits per heavy atom. The van der Waals surface area contributed by atoms with Gasteiger partial charge in [-0.05, 0) is 41.7 Å². The molecule has 1 saturated heterocycles. The maximum atomic E-state index is 12.4. The minimum atomic E-state index is -0.769. The lowest BCUT2D eigenvalue weighted by atomic mass is 10.0. The third-order valence-electron chi connectivity index (χ3n) is 5.66. The molecule has 0 bridgehead atoms. The fraction of sp³-hybridized carbons (Fsp3) is 0.348. The van der Waals surface area contributed by atoms with Gasteiger partial charge in [-0.15, -0.1) is 0 Å². The van der Waals surface area contributed by atoms with Crippen LogP contribution in [0.3, 0.4) is 0 Å². The first kappa shape index (κ1) is 20.8. The Morgan fingerprint density at radius 3 is 2.71 bits per heavy atom. The number of nitrogens with one attached hydrogen (secondary N) is 1. The molecule has 0 aliphatic carbocycles. The van der Waals surface area contributed by atoms with Crippen molar-refractivity contribution < 1.29 is 13.9 Å². The zero-order valence-corrected chi connectivity index (χ0v) is 17.2. The number of nitrogens with two attached hydrogens (primary N) is 1. The van der Waals surface area contributed by atoms with Gasteiger partial charge in [0.15, 0.2) is 5.58 Å². The molecule has 1 amide bonds. The normalized spacial score (nSPS) is 17.9. The fourth-order valence-electron chi connectivity index (χ4n) is 3.83. The molecule has 4 rings (SSSR count). The van der Waals surface area contributed by atoms with Crippen LogP contribution in [0.4, 0.5) is 0 Å². The highest BCUT2D eigenvalue weighted by atomic mass is 16.5. The number of hydrogen-bond donors (Lipinski definition) is 2. The average Bonchev–Trinajstić information content (AvgIpc) is 3.42. The molecule has 2 aromatic carbocycles. The van der Waals surface area contributed by atoms with Gasteiger partial charge in [-0.1, -0.05) is 30.3 Å². The van der Waals surface area contributed by atoms with E-state index >= 15 is 0 Å². The van der Waals surface area contributed by atoms with Gasteiger partial charge < -0.3 is 20.2 Å². The van der Waals surface area contributed by atoms with Crippen LogP contribution in [0.1, 0.15) is 18.4 Å². The molecular formula is C23H24N4O4. The third-order valence-corrected chi connectivity index (χ3v) is 5.66. The molecule has 0 saturated carbocycles. The summed E-state index contributed by atoms with van der Waals surface area (Å²) >= 11 is 0. The summed E-state index contributed by atoms with van der Waals surface area (Å²) < 4.78 is 12.1. The Hall–Kier alpha value is -3.41. The number of carbonyl (C=O) groups is 1. The van der Waals surface area contributed by atoms with E-state index in [0.29, 0.717) is 18.6 Å². The Bertz CT molecular complexity index is 1180. The predicted octanol–water partition coefficient (Wildman–Crippen LogP) is 1.86. The first-order valence-corrected chi connectivity index (χ1v) is 10.2. The van der Waals surface area contributed by atoms with Gasteiger partial charge in [-0.25, -0.2) is 4.79 Å². The lowest BCUT2D eigenvalue weighted by Crippen LogP contribution is -2.51. The van der Waals surface area contributed by atoms with Crippen LogP contribution < -0.4 is 16.8 Å². The van der Waals surface area contributed by atoms with Crippen molar-refractivity contribution in [2.45, 2.75) is 37.5 Å². The number of ether oxygens (including phenoxy) is 1. The molecule has 1 aliphatic heterocycles.